The van der Waals surface area contributed by atoms with Crippen molar-refractivity contribution in [2.24, 2.45) is 0 Å². The maximum Gasteiger partial charge on any atom is 0.264 e. The minimum absolute atomic E-state index is 0.0645. The number of amides is 1. The SMILES string of the molecule is CCc1ccc([C@H](C)NC(=O)[C@@H]2CN(S(=O)(=O)c3ccc(OC)cc3)c3cc(Cl)ccc3O2)cc1. The largest absolute Gasteiger partial charge is 0.497 e. The van der Waals surface area contributed by atoms with Gasteiger partial charge in [0, 0.05) is 5.02 Å². The van der Waals surface area contributed by atoms with Crippen molar-refractivity contribution in [3.05, 3.63) is 82.9 Å². The predicted octanol–water partition coefficient (Wildman–Crippen LogP) is 4.74. The standard InChI is InChI=1S/C26H27ClN2O5S/c1-4-18-5-7-19(8-6-18)17(2)28-26(30)25-16-29(23-15-20(27)9-14-24(23)34-25)35(31,32)22-12-10-21(33-3)11-13-22/h5-15,17,25H,4,16H2,1-3H3,(H,28,30)/t17-,25-/m0/s1. The van der Waals surface area contributed by atoms with Gasteiger partial charge in [0.05, 0.1) is 30.3 Å². The molecule has 7 nitrogen and oxygen atoms in total. The fourth-order valence-electron chi connectivity index (χ4n) is 3.90. The smallest absolute Gasteiger partial charge is 0.264 e. The van der Waals surface area contributed by atoms with E-state index in [1.54, 1.807) is 24.3 Å². The van der Waals surface area contributed by atoms with Crippen LogP contribution in [0.4, 0.5) is 5.69 Å². The maximum absolute atomic E-state index is 13.6. The van der Waals surface area contributed by atoms with Crippen LogP contribution in [-0.4, -0.2) is 34.1 Å². The second-order valence-electron chi connectivity index (χ2n) is 8.26. The van der Waals surface area contributed by atoms with E-state index in [1.165, 1.54) is 35.2 Å². The number of sulfonamides is 1. The van der Waals surface area contributed by atoms with Gasteiger partial charge in [-0.2, -0.15) is 0 Å². The van der Waals surface area contributed by atoms with Crippen LogP contribution in [0.1, 0.15) is 31.0 Å². The van der Waals surface area contributed by atoms with Crippen LogP contribution in [-0.2, 0) is 21.2 Å². The molecular weight excluding hydrogens is 488 g/mol. The Balaban J connectivity index is 1.61. The van der Waals surface area contributed by atoms with E-state index in [2.05, 4.69) is 12.2 Å². The number of halogens is 1. The molecule has 0 unspecified atom stereocenters. The van der Waals surface area contributed by atoms with Gasteiger partial charge in [-0.3, -0.25) is 9.10 Å². The first-order valence-corrected chi connectivity index (χ1v) is 13.1. The Hall–Kier alpha value is -3.23. The van der Waals surface area contributed by atoms with Gasteiger partial charge in [0.25, 0.3) is 15.9 Å². The zero-order chi connectivity index (χ0) is 25.2. The van der Waals surface area contributed by atoms with E-state index in [-0.39, 0.29) is 28.9 Å². The van der Waals surface area contributed by atoms with E-state index in [0.29, 0.717) is 10.8 Å². The summed E-state index contributed by atoms with van der Waals surface area (Å²) in [5, 5.41) is 3.30. The van der Waals surface area contributed by atoms with Crippen molar-refractivity contribution in [3.8, 4) is 11.5 Å². The molecule has 3 aromatic rings. The van der Waals surface area contributed by atoms with Crippen molar-refractivity contribution in [3.63, 3.8) is 0 Å². The molecule has 35 heavy (non-hydrogen) atoms. The molecule has 1 aliphatic heterocycles. The van der Waals surface area contributed by atoms with Crippen molar-refractivity contribution >= 4 is 33.2 Å². The molecular formula is C26H27ClN2O5S. The van der Waals surface area contributed by atoms with Crippen LogP contribution in [0.25, 0.3) is 0 Å². The number of hydrogen-bond acceptors (Lipinski definition) is 5. The minimum atomic E-state index is -4.01. The highest BCUT2D eigenvalue weighted by Gasteiger charge is 2.38. The van der Waals surface area contributed by atoms with Crippen LogP contribution in [0.3, 0.4) is 0 Å². The van der Waals surface area contributed by atoms with E-state index < -0.39 is 22.0 Å². The Morgan fingerprint density at radius 3 is 2.46 bits per heavy atom. The molecule has 0 aliphatic carbocycles. The zero-order valence-electron chi connectivity index (χ0n) is 19.7. The molecule has 3 aromatic carbocycles. The topological polar surface area (TPSA) is 84.9 Å². The van der Waals surface area contributed by atoms with Gasteiger partial charge in [-0.15, -0.1) is 0 Å². The van der Waals surface area contributed by atoms with Crippen molar-refractivity contribution in [1.82, 2.24) is 5.32 Å². The molecule has 1 aliphatic rings. The molecule has 9 heteroatoms. The molecule has 0 bridgehead atoms. The molecule has 1 amide bonds. The first-order chi connectivity index (χ1) is 16.7. The molecule has 0 aromatic heterocycles. The summed E-state index contributed by atoms with van der Waals surface area (Å²) in [7, 11) is -2.51. The summed E-state index contributed by atoms with van der Waals surface area (Å²) in [6.07, 6.45) is -0.118. The lowest BCUT2D eigenvalue weighted by molar-refractivity contribution is -0.128. The molecule has 1 N–H and O–H groups in total. The van der Waals surface area contributed by atoms with E-state index in [0.717, 1.165) is 12.0 Å². The number of anilines is 1. The van der Waals surface area contributed by atoms with E-state index in [9.17, 15) is 13.2 Å². The first-order valence-electron chi connectivity index (χ1n) is 11.2. The Labute approximate surface area is 210 Å². The van der Waals surface area contributed by atoms with Gasteiger partial charge in [-0.05, 0) is 66.9 Å². The maximum atomic E-state index is 13.6. The molecule has 0 radical (unpaired) electrons. The summed E-state index contributed by atoms with van der Waals surface area (Å²) in [6, 6.07) is 18.5. The van der Waals surface area contributed by atoms with Gasteiger partial charge in [-0.1, -0.05) is 42.8 Å². The summed E-state index contributed by atoms with van der Waals surface area (Å²) in [5.41, 5.74) is 2.43. The first kappa shape index (κ1) is 24.9. The van der Waals surface area contributed by atoms with Gasteiger partial charge >= 0.3 is 0 Å². The third-order valence-electron chi connectivity index (χ3n) is 5.98. The number of hydrogen-bond donors (Lipinski definition) is 1. The van der Waals surface area contributed by atoms with E-state index in [4.69, 9.17) is 21.1 Å². The third kappa shape index (κ3) is 5.23. The van der Waals surface area contributed by atoms with Crippen LogP contribution >= 0.6 is 11.6 Å². The normalized spacial score (nSPS) is 16.1. The average molecular weight is 515 g/mol. The average Bonchev–Trinajstić information content (AvgIpc) is 2.87. The lowest BCUT2D eigenvalue weighted by Crippen LogP contribution is -2.51. The highest BCUT2D eigenvalue weighted by atomic mass is 35.5. The monoisotopic (exact) mass is 514 g/mol. The second-order valence-corrected chi connectivity index (χ2v) is 10.6. The number of nitrogens with one attached hydrogen (secondary N) is 1. The second kappa shape index (κ2) is 10.2. The predicted molar refractivity (Wildman–Crippen MR) is 136 cm³/mol. The summed E-state index contributed by atoms with van der Waals surface area (Å²) in [6.45, 7) is 3.76. The lowest BCUT2D eigenvalue weighted by Gasteiger charge is -2.35. The molecule has 2 atom stereocenters. The lowest BCUT2D eigenvalue weighted by atomic mass is 10.0. The fraction of sp³-hybridized carbons (Fsp3) is 0.269. The Bertz CT molecular complexity index is 1310. The van der Waals surface area contributed by atoms with Crippen LogP contribution in [0.5, 0.6) is 11.5 Å². The number of aryl methyl sites for hydroxylation is 1. The number of nitrogens with zero attached hydrogens (tertiary/aromatic N) is 1. The molecule has 0 saturated heterocycles. The fourth-order valence-corrected chi connectivity index (χ4v) is 5.53. The summed E-state index contributed by atoms with van der Waals surface area (Å²) >= 11 is 6.16. The van der Waals surface area contributed by atoms with Gasteiger partial charge in [0.15, 0.2) is 6.10 Å². The Kier molecular flexibility index (Phi) is 7.23. The molecule has 0 spiro atoms. The zero-order valence-corrected chi connectivity index (χ0v) is 21.3. The minimum Gasteiger partial charge on any atom is -0.497 e. The number of methoxy groups -OCH3 is 1. The van der Waals surface area contributed by atoms with Gasteiger partial charge in [0.1, 0.15) is 11.5 Å². The quantitative estimate of drug-likeness (QED) is 0.492. The van der Waals surface area contributed by atoms with Crippen molar-refractivity contribution < 1.29 is 22.7 Å². The van der Waals surface area contributed by atoms with Crippen molar-refractivity contribution in [2.45, 2.75) is 37.3 Å². The number of carbonyl (C=O) groups excluding carboxylic acids is 1. The van der Waals surface area contributed by atoms with Crippen LogP contribution < -0.4 is 19.1 Å². The highest BCUT2D eigenvalue weighted by Crippen LogP contribution is 2.39. The molecule has 4 rings (SSSR count). The number of carbonyl (C=O) groups is 1. The Morgan fingerprint density at radius 2 is 1.83 bits per heavy atom. The van der Waals surface area contributed by atoms with Gasteiger partial charge in [0.2, 0.25) is 0 Å². The van der Waals surface area contributed by atoms with Crippen LogP contribution in [0, 0.1) is 0 Å². The summed E-state index contributed by atoms with van der Waals surface area (Å²) < 4.78 is 39.4. The molecule has 0 saturated carbocycles. The number of ether oxygens (including phenoxy) is 2. The highest BCUT2D eigenvalue weighted by molar-refractivity contribution is 7.92. The number of rotatable bonds is 7. The van der Waals surface area contributed by atoms with Crippen LogP contribution in [0.2, 0.25) is 5.02 Å². The molecule has 1 heterocycles. The van der Waals surface area contributed by atoms with Crippen molar-refractivity contribution in [1.29, 1.82) is 0 Å². The molecule has 0 fully saturated rings. The third-order valence-corrected chi connectivity index (χ3v) is 8.01. The van der Waals surface area contributed by atoms with E-state index >= 15 is 0 Å². The van der Waals surface area contributed by atoms with Crippen LogP contribution in [0.15, 0.2) is 71.6 Å². The number of fused-ring (bicyclic) bond motifs is 1. The Morgan fingerprint density at radius 1 is 1.14 bits per heavy atom. The van der Waals surface area contributed by atoms with E-state index in [1.807, 2.05) is 31.2 Å². The van der Waals surface area contributed by atoms with Gasteiger partial charge in [-0.25, -0.2) is 8.42 Å². The molecule has 184 valence electrons. The number of benzene rings is 3. The van der Waals surface area contributed by atoms with Crippen molar-refractivity contribution in [2.75, 3.05) is 18.0 Å². The summed E-state index contributed by atoms with van der Waals surface area (Å²) in [5.74, 6) is 0.387. The summed E-state index contributed by atoms with van der Waals surface area (Å²) in [4.78, 5) is 13.2. The van der Waals surface area contributed by atoms with Gasteiger partial charge < -0.3 is 14.8 Å².